The first-order valence-corrected chi connectivity index (χ1v) is 9.19. The second-order valence-corrected chi connectivity index (χ2v) is 7.16. The molecule has 0 aromatic heterocycles. The van der Waals surface area contributed by atoms with E-state index in [2.05, 4.69) is 18.7 Å². The molecule has 1 radical (unpaired) electrons. The SMILES string of the molecule is C[C](CN(CCC(C)C)c1ccc(OCc2ccc(F)cc2)cc1)C(N)=O. The predicted molar refractivity (Wildman–Crippen MR) is 107 cm³/mol. The van der Waals surface area contributed by atoms with E-state index in [1.54, 1.807) is 19.1 Å². The van der Waals surface area contributed by atoms with Crippen LogP contribution in [0.15, 0.2) is 48.5 Å². The molecular weight excluding hydrogens is 343 g/mol. The average molecular weight is 371 g/mol. The molecule has 0 aliphatic rings. The second-order valence-electron chi connectivity index (χ2n) is 7.16. The summed E-state index contributed by atoms with van der Waals surface area (Å²) in [4.78, 5) is 13.6. The molecule has 4 nitrogen and oxygen atoms in total. The number of ether oxygens (including phenoxy) is 1. The molecule has 0 atom stereocenters. The quantitative estimate of drug-likeness (QED) is 0.676. The molecule has 145 valence electrons. The van der Waals surface area contributed by atoms with E-state index in [4.69, 9.17) is 10.5 Å². The molecular formula is C22H28FN2O2. The fourth-order valence-electron chi connectivity index (χ4n) is 2.58. The third kappa shape index (κ3) is 6.93. The summed E-state index contributed by atoms with van der Waals surface area (Å²) in [5.41, 5.74) is 7.33. The highest BCUT2D eigenvalue weighted by molar-refractivity contribution is 5.88. The summed E-state index contributed by atoms with van der Waals surface area (Å²) < 4.78 is 18.7. The van der Waals surface area contributed by atoms with E-state index in [0.717, 1.165) is 30.0 Å². The first kappa shape index (κ1) is 20.7. The van der Waals surface area contributed by atoms with Gasteiger partial charge in [0.15, 0.2) is 0 Å². The van der Waals surface area contributed by atoms with Crippen LogP contribution >= 0.6 is 0 Å². The van der Waals surface area contributed by atoms with Crippen LogP contribution in [0, 0.1) is 17.7 Å². The molecule has 27 heavy (non-hydrogen) atoms. The number of nitrogens with zero attached hydrogens (tertiary/aromatic N) is 1. The van der Waals surface area contributed by atoms with Crippen molar-refractivity contribution in [1.29, 1.82) is 0 Å². The van der Waals surface area contributed by atoms with Crippen molar-refractivity contribution in [3.63, 3.8) is 0 Å². The lowest BCUT2D eigenvalue weighted by molar-refractivity contribution is -0.116. The Morgan fingerprint density at radius 1 is 1.11 bits per heavy atom. The highest BCUT2D eigenvalue weighted by Crippen LogP contribution is 2.22. The van der Waals surface area contributed by atoms with Gasteiger partial charge in [0, 0.05) is 18.8 Å². The maximum Gasteiger partial charge on any atom is 0.226 e. The van der Waals surface area contributed by atoms with E-state index in [1.165, 1.54) is 12.1 Å². The van der Waals surface area contributed by atoms with Gasteiger partial charge in [0.2, 0.25) is 5.91 Å². The van der Waals surface area contributed by atoms with Crippen LogP contribution in [-0.4, -0.2) is 19.0 Å². The Kier molecular flexibility index (Phi) is 7.65. The lowest BCUT2D eigenvalue weighted by atomic mass is 10.1. The Bertz CT molecular complexity index is 714. The van der Waals surface area contributed by atoms with Crippen LogP contribution in [0.4, 0.5) is 10.1 Å². The zero-order valence-electron chi connectivity index (χ0n) is 16.2. The van der Waals surface area contributed by atoms with E-state index in [0.29, 0.717) is 25.0 Å². The molecule has 0 unspecified atom stereocenters. The number of amides is 1. The van der Waals surface area contributed by atoms with Gasteiger partial charge in [-0.25, -0.2) is 4.39 Å². The van der Waals surface area contributed by atoms with Gasteiger partial charge in [-0.2, -0.15) is 0 Å². The van der Waals surface area contributed by atoms with E-state index < -0.39 is 0 Å². The number of carbonyl (C=O) groups excluding carboxylic acids is 1. The third-order valence-electron chi connectivity index (χ3n) is 4.35. The van der Waals surface area contributed by atoms with E-state index in [-0.39, 0.29) is 11.7 Å². The van der Waals surface area contributed by atoms with Crippen LogP contribution in [0.3, 0.4) is 0 Å². The maximum atomic E-state index is 12.9. The Morgan fingerprint density at radius 3 is 2.30 bits per heavy atom. The summed E-state index contributed by atoms with van der Waals surface area (Å²) >= 11 is 0. The van der Waals surface area contributed by atoms with E-state index in [9.17, 15) is 9.18 Å². The topological polar surface area (TPSA) is 55.6 Å². The molecule has 2 N–H and O–H groups in total. The van der Waals surface area contributed by atoms with Gasteiger partial charge >= 0.3 is 0 Å². The van der Waals surface area contributed by atoms with Gasteiger partial charge in [-0.15, -0.1) is 0 Å². The zero-order valence-corrected chi connectivity index (χ0v) is 16.2. The molecule has 0 bridgehead atoms. The van der Waals surface area contributed by atoms with Gasteiger partial charge in [0.25, 0.3) is 0 Å². The van der Waals surface area contributed by atoms with Crippen molar-refractivity contribution >= 4 is 11.6 Å². The van der Waals surface area contributed by atoms with Crippen molar-refractivity contribution in [3.05, 3.63) is 65.8 Å². The Labute approximate surface area is 161 Å². The highest BCUT2D eigenvalue weighted by Gasteiger charge is 2.16. The van der Waals surface area contributed by atoms with Crippen LogP contribution in [0.25, 0.3) is 0 Å². The fourth-order valence-corrected chi connectivity index (χ4v) is 2.58. The molecule has 0 spiro atoms. The first-order valence-electron chi connectivity index (χ1n) is 9.19. The van der Waals surface area contributed by atoms with Crippen molar-refractivity contribution in [2.75, 3.05) is 18.0 Å². The number of halogens is 1. The minimum Gasteiger partial charge on any atom is -0.489 e. The number of rotatable bonds is 10. The van der Waals surface area contributed by atoms with Gasteiger partial charge in [-0.3, -0.25) is 4.79 Å². The van der Waals surface area contributed by atoms with Crippen LogP contribution < -0.4 is 15.4 Å². The second kappa shape index (κ2) is 9.95. The standard InChI is InChI=1S/C22H28FN2O2/c1-16(2)12-13-25(14-17(3)22(24)26)20-8-10-21(11-9-20)27-15-18-4-6-19(23)7-5-18/h4-11,16H,12-15H2,1-3H3,(H2,24,26). The summed E-state index contributed by atoms with van der Waals surface area (Å²) in [6.07, 6.45) is 1.02. The molecule has 1 amide bonds. The number of hydrogen-bond acceptors (Lipinski definition) is 3. The van der Waals surface area contributed by atoms with E-state index >= 15 is 0 Å². The average Bonchev–Trinajstić information content (AvgIpc) is 2.64. The molecule has 0 aliphatic heterocycles. The van der Waals surface area contributed by atoms with Crippen LogP contribution in [-0.2, 0) is 11.4 Å². The number of primary amides is 1. The van der Waals surface area contributed by atoms with Gasteiger partial charge in [-0.05, 0) is 61.2 Å². The van der Waals surface area contributed by atoms with Crippen molar-refractivity contribution in [1.82, 2.24) is 0 Å². The van der Waals surface area contributed by atoms with Crippen LogP contribution in [0.1, 0.15) is 32.8 Å². The van der Waals surface area contributed by atoms with Gasteiger partial charge in [-0.1, -0.05) is 26.0 Å². The maximum absolute atomic E-state index is 12.9. The lowest BCUT2D eigenvalue weighted by Gasteiger charge is -2.27. The van der Waals surface area contributed by atoms with Gasteiger partial charge < -0.3 is 15.4 Å². The number of nitrogens with two attached hydrogens (primary N) is 1. The smallest absolute Gasteiger partial charge is 0.226 e. The minimum atomic E-state index is -0.371. The van der Waals surface area contributed by atoms with E-state index in [1.807, 2.05) is 24.3 Å². The summed E-state index contributed by atoms with van der Waals surface area (Å²) in [5.74, 6) is 1.31. The molecule has 2 rings (SSSR count). The number of carbonyl (C=O) groups is 1. The zero-order chi connectivity index (χ0) is 19.8. The van der Waals surface area contributed by atoms with Crippen molar-refractivity contribution in [3.8, 4) is 5.75 Å². The molecule has 0 saturated heterocycles. The fraction of sp³-hybridized carbons (Fsp3) is 0.364. The molecule has 2 aromatic carbocycles. The van der Waals surface area contributed by atoms with Crippen LogP contribution in [0.5, 0.6) is 5.75 Å². The summed E-state index contributed by atoms with van der Waals surface area (Å²) in [6.45, 7) is 7.86. The molecule has 0 fully saturated rings. The molecule has 0 aliphatic carbocycles. The molecule has 5 heteroatoms. The first-order chi connectivity index (χ1) is 12.8. The molecule has 0 saturated carbocycles. The van der Waals surface area contributed by atoms with Crippen molar-refractivity contribution in [2.24, 2.45) is 11.7 Å². The minimum absolute atomic E-state index is 0.257. The Hall–Kier alpha value is -2.56. The van der Waals surface area contributed by atoms with Crippen molar-refractivity contribution in [2.45, 2.75) is 33.8 Å². The number of hydrogen-bond donors (Lipinski definition) is 1. The summed E-state index contributed by atoms with van der Waals surface area (Å²) in [6, 6.07) is 14.0. The number of benzene rings is 2. The predicted octanol–water partition coefficient (Wildman–Crippen LogP) is 4.34. The molecule has 2 aromatic rings. The van der Waals surface area contributed by atoms with Gasteiger partial charge in [0.1, 0.15) is 18.2 Å². The highest BCUT2D eigenvalue weighted by atomic mass is 19.1. The molecule has 0 heterocycles. The number of anilines is 1. The lowest BCUT2D eigenvalue weighted by Crippen LogP contribution is -2.34. The van der Waals surface area contributed by atoms with Gasteiger partial charge in [0.05, 0.1) is 5.92 Å². The normalized spacial score (nSPS) is 11.0. The third-order valence-corrected chi connectivity index (χ3v) is 4.35. The summed E-state index contributed by atoms with van der Waals surface area (Å²) in [5, 5.41) is 0. The Morgan fingerprint density at radius 2 is 1.74 bits per heavy atom. The van der Waals surface area contributed by atoms with Crippen molar-refractivity contribution < 1.29 is 13.9 Å². The monoisotopic (exact) mass is 371 g/mol. The summed E-state index contributed by atoms with van der Waals surface area (Å²) in [7, 11) is 0. The largest absolute Gasteiger partial charge is 0.489 e. The Balaban J connectivity index is 2.01. The van der Waals surface area contributed by atoms with Crippen LogP contribution in [0.2, 0.25) is 0 Å².